The van der Waals surface area contributed by atoms with Crippen molar-refractivity contribution in [3.63, 3.8) is 0 Å². The van der Waals surface area contributed by atoms with E-state index in [-0.39, 0.29) is 17.8 Å². The molecule has 3 heteroatoms. The first-order chi connectivity index (χ1) is 6.60. The second-order valence-corrected chi connectivity index (χ2v) is 4.86. The molecule has 2 atom stereocenters. The summed E-state index contributed by atoms with van der Waals surface area (Å²) in [5.74, 6) is 0. The lowest BCUT2D eigenvalue weighted by atomic mass is 9.88. The molecule has 0 fully saturated rings. The highest BCUT2D eigenvalue weighted by Gasteiger charge is 2.33. The fourth-order valence-electron chi connectivity index (χ4n) is 1.57. The van der Waals surface area contributed by atoms with Gasteiger partial charge in [-0.2, -0.15) is 0 Å². The Morgan fingerprint density at radius 1 is 1.57 bits per heavy atom. The van der Waals surface area contributed by atoms with Crippen LogP contribution in [0.1, 0.15) is 27.2 Å². The van der Waals surface area contributed by atoms with Crippen LogP contribution in [-0.4, -0.2) is 24.3 Å². The maximum atomic E-state index is 5.86. The van der Waals surface area contributed by atoms with Gasteiger partial charge in [0.05, 0.1) is 11.4 Å². The molecule has 0 aromatic carbocycles. The van der Waals surface area contributed by atoms with Crippen LogP contribution in [-0.2, 0) is 9.47 Å². The second-order valence-electron chi connectivity index (χ2n) is 4.22. The number of alkyl halides is 1. The van der Waals surface area contributed by atoms with Crippen molar-refractivity contribution >= 4 is 15.9 Å². The molecule has 1 aliphatic carbocycles. The Hall–Kier alpha value is 0.140. The molecule has 2 nitrogen and oxygen atoms in total. The van der Waals surface area contributed by atoms with Gasteiger partial charge in [-0.05, 0) is 18.8 Å². The highest BCUT2D eigenvalue weighted by molar-refractivity contribution is 9.09. The van der Waals surface area contributed by atoms with Gasteiger partial charge in [-0.3, -0.25) is 0 Å². The topological polar surface area (TPSA) is 18.5 Å². The zero-order valence-electron chi connectivity index (χ0n) is 9.13. The van der Waals surface area contributed by atoms with Crippen LogP contribution in [0.4, 0.5) is 0 Å². The van der Waals surface area contributed by atoms with Gasteiger partial charge in [0.1, 0.15) is 0 Å². The predicted molar refractivity (Wildman–Crippen MR) is 61.6 cm³/mol. The molecule has 0 aromatic rings. The molecule has 0 aliphatic heterocycles. The Morgan fingerprint density at radius 3 is 2.71 bits per heavy atom. The third-order valence-corrected chi connectivity index (χ3v) is 3.03. The van der Waals surface area contributed by atoms with E-state index in [0.29, 0.717) is 6.61 Å². The van der Waals surface area contributed by atoms with Crippen molar-refractivity contribution in [2.24, 2.45) is 5.41 Å². The van der Waals surface area contributed by atoms with E-state index in [2.05, 4.69) is 41.9 Å². The number of hydrogen-bond acceptors (Lipinski definition) is 2. The van der Waals surface area contributed by atoms with E-state index in [1.807, 2.05) is 6.92 Å². The summed E-state index contributed by atoms with van der Waals surface area (Å²) in [7, 11) is 0. The van der Waals surface area contributed by atoms with Crippen LogP contribution in [0.3, 0.4) is 0 Å². The molecule has 1 rings (SSSR count). The third-order valence-electron chi connectivity index (χ3n) is 2.50. The Balaban J connectivity index is 2.45. The van der Waals surface area contributed by atoms with Gasteiger partial charge in [0.25, 0.3) is 0 Å². The molecule has 0 heterocycles. The smallest absolute Gasteiger partial charge is 0.167 e. The lowest BCUT2D eigenvalue weighted by molar-refractivity contribution is -0.161. The van der Waals surface area contributed by atoms with Crippen LogP contribution in [0.15, 0.2) is 12.2 Å². The molecule has 0 saturated carbocycles. The van der Waals surface area contributed by atoms with Crippen LogP contribution in [0, 0.1) is 5.41 Å². The van der Waals surface area contributed by atoms with Gasteiger partial charge in [-0.1, -0.05) is 41.9 Å². The summed E-state index contributed by atoms with van der Waals surface area (Å²) >= 11 is 3.39. The number of hydrogen-bond donors (Lipinski definition) is 0. The van der Waals surface area contributed by atoms with E-state index in [4.69, 9.17) is 9.47 Å². The van der Waals surface area contributed by atoms with Crippen LogP contribution in [0.25, 0.3) is 0 Å². The standard InChI is InChI=1S/C11H19BrO2/c1-4-13-10(8-12)14-9-6-5-7-11(9,2)3/h5-6,9-10H,4,7-8H2,1-3H3. The number of rotatable bonds is 5. The summed E-state index contributed by atoms with van der Waals surface area (Å²) in [6.45, 7) is 7.10. The maximum Gasteiger partial charge on any atom is 0.167 e. The van der Waals surface area contributed by atoms with Crippen molar-refractivity contribution < 1.29 is 9.47 Å². The Labute approximate surface area is 94.8 Å². The van der Waals surface area contributed by atoms with Crippen molar-refractivity contribution in [2.45, 2.75) is 39.6 Å². The van der Waals surface area contributed by atoms with E-state index in [1.165, 1.54) is 0 Å². The lowest BCUT2D eigenvalue weighted by Crippen LogP contribution is -2.32. The highest BCUT2D eigenvalue weighted by Crippen LogP contribution is 2.35. The third kappa shape index (κ3) is 3.07. The molecule has 0 saturated heterocycles. The second kappa shape index (κ2) is 5.29. The quantitative estimate of drug-likeness (QED) is 0.431. The normalized spacial score (nSPS) is 26.7. The van der Waals surface area contributed by atoms with Gasteiger partial charge >= 0.3 is 0 Å². The average molecular weight is 263 g/mol. The summed E-state index contributed by atoms with van der Waals surface area (Å²) in [6.07, 6.45) is 5.44. The van der Waals surface area contributed by atoms with Crippen LogP contribution >= 0.6 is 15.9 Å². The van der Waals surface area contributed by atoms with E-state index in [0.717, 1.165) is 11.8 Å². The van der Waals surface area contributed by atoms with E-state index >= 15 is 0 Å². The van der Waals surface area contributed by atoms with Gasteiger partial charge in [0.2, 0.25) is 0 Å². The molecule has 2 unspecified atom stereocenters. The highest BCUT2D eigenvalue weighted by atomic mass is 79.9. The number of halogens is 1. The van der Waals surface area contributed by atoms with Gasteiger partial charge < -0.3 is 9.47 Å². The van der Waals surface area contributed by atoms with Gasteiger partial charge in [-0.25, -0.2) is 0 Å². The minimum Gasteiger partial charge on any atom is -0.352 e. The van der Waals surface area contributed by atoms with E-state index in [9.17, 15) is 0 Å². The van der Waals surface area contributed by atoms with Crippen molar-refractivity contribution in [3.05, 3.63) is 12.2 Å². The predicted octanol–water partition coefficient (Wildman–Crippen LogP) is 3.12. The molecule has 0 bridgehead atoms. The van der Waals surface area contributed by atoms with Gasteiger partial charge in [0, 0.05) is 6.61 Å². The van der Waals surface area contributed by atoms with Crippen molar-refractivity contribution in [3.8, 4) is 0 Å². The van der Waals surface area contributed by atoms with Crippen molar-refractivity contribution in [1.82, 2.24) is 0 Å². The first kappa shape index (κ1) is 12.2. The van der Waals surface area contributed by atoms with Crippen LogP contribution in [0.5, 0.6) is 0 Å². The Kier molecular flexibility index (Phi) is 4.61. The van der Waals surface area contributed by atoms with Gasteiger partial charge in [-0.15, -0.1) is 0 Å². The molecule has 0 spiro atoms. The Morgan fingerprint density at radius 2 is 2.29 bits per heavy atom. The zero-order valence-corrected chi connectivity index (χ0v) is 10.7. The van der Waals surface area contributed by atoms with Crippen molar-refractivity contribution in [1.29, 1.82) is 0 Å². The van der Waals surface area contributed by atoms with Crippen LogP contribution < -0.4 is 0 Å². The zero-order chi connectivity index (χ0) is 10.6. The first-order valence-electron chi connectivity index (χ1n) is 5.10. The molecule has 14 heavy (non-hydrogen) atoms. The fourth-order valence-corrected chi connectivity index (χ4v) is 1.91. The van der Waals surface area contributed by atoms with Crippen LogP contribution in [0.2, 0.25) is 0 Å². The SMILES string of the molecule is CCOC(CBr)OC1C=CCC1(C)C. The summed E-state index contributed by atoms with van der Waals surface area (Å²) in [5, 5.41) is 0.723. The number of allylic oxidation sites excluding steroid dienone is 1. The average Bonchev–Trinajstić information content (AvgIpc) is 2.45. The van der Waals surface area contributed by atoms with E-state index < -0.39 is 0 Å². The molecule has 0 radical (unpaired) electrons. The molecule has 0 N–H and O–H groups in total. The monoisotopic (exact) mass is 262 g/mol. The summed E-state index contributed by atoms with van der Waals surface area (Å²) in [6, 6.07) is 0. The van der Waals surface area contributed by atoms with Crippen molar-refractivity contribution in [2.75, 3.05) is 11.9 Å². The summed E-state index contributed by atoms with van der Waals surface area (Å²) < 4.78 is 11.3. The molecule has 1 aliphatic rings. The molecular formula is C11H19BrO2. The summed E-state index contributed by atoms with van der Waals surface area (Å²) in [4.78, 5) is 0. The largest absolute Gasteiger partial charge is 0.352 e. The molecule has 0 amide bonds. The summed E-state index contributed by atoms with van der Waals surface area (Å²) in [5.41, 5.74) is 0.206. The molecule has 0 aromatic heterocycles. The van der Waals surface area contributed by atoms with E-state index in [1.54, 1.807) is 0 Å². The minimum absolute atomic E-state index is 0.132. The lowest BCUT2D eigenvalue weighted by Gasteiger charge is -2.29. The Bertz CT molecular complexity index is 201. The molecule has 82 valence electrons. The van der Waals surface area contributed by atoms with Gasteiger partial charge in [0.15, 0.2) is 6.29 Å². The molecular weight excluding hydrogens is 244 g/mol. The maximum absolute atomic E-state index is 5.86. The number of ether oxygens (including phenoxy) is 2. The first-order valence-corrected chi connectivity index (χ1v) is 6.22. The minimum atomic E-state index is -0.132. The fraction of sp³-hybridized carbons (Fsp3) is 0.818.